The molecule has 5 heteroatoms. The molecule has 116 valence electrons. The maximum Gasteiger partial charge on any atom is 0.310 e. The van der Waals surface area contributed by atoms with Gasteiger partial charge < -0.3 is 19.7 Å². The fourth-order valence-corrected chi connectivity index (χ4v) is 4.08. The first-order valence-corrected chi connectivity index (χ1v) is 7.50. The molecule has 0 aliphatic heterocycles. The molecular weight excluding hydrogens is 260 g/mol. The highest BCUT2D eigenvalue weighted by Crippen LogP contribution is 2.58. The Balaban J connectivity index is 1.88. The van der Waals surface area contributed by atoms with Crippen LogP contribution < -0.4 is 0 Å². The molecule has 5 nitrogen and oxygen atoms in total. The first-order chi connectivity index (χ1) is 9.48. The van der Waals surface area contributed by atoms with E-state index in [1.54, 1.807) is 7.11 Å². The van der Waals surface area contributed by atoms with Gasteiger partial charge in [-0.3, -0.25) is 4.79 Å². The number of carbonyl (C=O) groups is 1. The van der Waals surface area contributed by atoms with Crippen molar-refractivity contribution in [2.45, 2.75) is 51.2 Å². The molecule has 0 aromatic heterocycles. The Morgan fingerprint density at radius 1 is 1.40 bits per heavy atom. The highest BCUT2D eigenvalue weighted by Gasteiger charge is 2.56. The molecule has 2 aliphatic carbocycles. The smallest absolute Gasteiger partial charge is 0.310 e. The monoisotopic (exact) mass is 286 g/mol. The van der Waals surface area contributed by atoms with E-state index in [-0.39, 0.29) is 18.6 Å². The second-order valence-corrected chi connectivity index (χ2v) is 6.50. The van der Waals surface area contributed by atoms with E-state index < -0.39 is 17.5 Å². The van der Waals surface area contributed by atoms with E-state index in [1.165, 1.54) is 0 Å². The summed E-state index contributed by atoms with van der Waals surface area (Å²) in [6.07, 6.45) is 3.38. The number of hydrogen-bond donors (Lipinski definition) is 2. The van der Waals surface area contributed by atoms with Crippen LogP contribution >= 0.6 is 0 Å². The molecule has 2 N–H and O–H groups in total. The van der Waals surface area contributed by atoms with Gasteiger partial charge in [-0.2, -0.15) is 0 Å². The SMILES string of the molecule is COCC(C)OCC(O)CC1(C(=O)O)CC2CCC1C2. The molecule has 2 rings (SSSR count). The van der Waals surface area contributed by atoms with Crippen molar-refractivity contribution in [2.24, 2.45) is 17.3 Å². The van der Waals surface area contributed by atoms with Crippen molar-refractivity contribution < 1.29 is 24.5 Å². The highest BCUT2D eigenvalue weighted by atomic mass is 16.5. The minimum atomic E-state index is -0.742. The molecular formula is C15H26O5. The summed E-state index contributed by atoms with van der Waals surface area (Å²) >= 11 is 0. The predicted molar refractivity (Wildman–Crippen MR) is 73.4 cm³/mol. The maximum atomic E-state index is 11.7. The van der Waals surface area contributed by atoms with Gasteiger partial charge in [-0.15, -0.1) is 0 Å². The number of aliphatic carboxylic acids is 1. The summed E-state index contributed by atoms with van der Waals surface area (Å²) in [6.45, 7) is 2.53. The van der Waals surface area contributed by atoms with Crippen molar-refractivity contribution in [3.8, 4) is 0 Å². The van der Waals surface area contributed by atoms with E-state index in [0.29, 0.717) is 18.9 Å². The van der Waals surface area contributed by atoms with E-state index in [2.05, 4.69) is 0 Å². The number of carboxylic acid groups (broad SMARTS) is 1. The number of hydrogen-bond acceptors (Lipinski definition) is 4. The third-order valence-electron chi connectivity index (χ3n) is 4.98. The number of rotatable bonds is 8. The van der Waals surface area contributed by atoms with Crippen LogP contribution in [0.1, 0.15) is 39.0 Å². The molecule has 5 atom stereocenters. The number of carboxylic acids is 1. The molecule has 0 aromatic carbocycles. The zero-order valence-corrected chi connectivity index (χ0v) is 12.4. The normalized spacial score (nSPS) is 35.1. The van der Waals surface area contributed by atoms with Gasteiger partial charge in [0.2, 0.25) is 0 Å². The molecule has 2 aliphatic rings. The number of aliphatic hydroxyl groups excluding tert-OH is 1. The van der Waals surface area contributed by atoms with Crippen LogP contribution in [0.2, 0.25) is 0 Å². The summed E-state index contributed by atoms with van der Waals surface area (Å²) < 4.78 is 10.5. The van der Waals surface area contributed by atoms with Gasteiger partial charge >= 0.3 is 5.97 Å². The number of aliphatic hydroxyl groups is 1. The van der Waals surface area contributed by atoms with Crippen LogP contribution in [0.4, 0.5) is 0 Å². The predicted octanol–water partition coefficient (Wildman–Crippen LogP) is 1.68. The summed E-state index contributed by atoms with van der Waals surface area (Å²) in [5.74, 6) is 0.0290. The summed E-state index contributed by atoms with van der Waals surface area (Å²) in [5.41, 5.74) is -0.726. The van der Waals surface area contributed by atoms with Gasteiger partial charge in [-0.05, 0) is 44.4 Å². The van der Waals surface area contributed by atoms with Crippen LogP contribution in [-0.4, -0.2) is 48.7 Å². The molecule has 0 radical (unpaired) electrons. The van der Waals surface area contributed by atoms with Gasteiger partial charge in [0.05, 0.1) is 30.8 Å². The summed E-state index contributed by atoms with van der Waals surface area (Å²) in [4.78, 5) is 11.7. The number of ether oxygens (including phenoxy) is 2. The molecule has 0 spiro atoms. The van der Waals surface area contributed by atoms with Crippen molar-refractivity contribution in [3.63, 3.8) is 0 Å². The first kappa shape index (κ1) is 15.7. The lowest BCUT2D eigenvalue weighted by atomic mass is 9.69. The van der Waals surface area contributed by atoms with E-state index in [1.807, 2.05) is 6.92 Å². The zero-order chi connectivity index (χ0) is 14.8. The van der Waals surface area contributed by atoms with Gasteiger partial charge in [-0.1, -0.05) is 6.42 Å². The summed E-state index contributed by atoms with van der Waals surface area (Å²) in [6, 6.07) is 0. The second kappa shape index (κ2) is 6.41. The van der Waals surface area contributed by atoms with Crippen LogP contribution in [0.5, 0.6) is 0 Å². The lowest BCUT2D eigenvalue weighted by Crippen LogP contribution is -2.41. The van der Waals surface area contributed by atoms with Gasteiger partial charge in [0.15, 0.2) is 0 Å². The number of fused-ring (bicyclic) bond motifs is 2. The highest BCUT2D eigenvalue weighted by molar-refractivity contribution is 5.76. The lowest BCUT2D eigenvalue weighted by molar-refractivity contribution is -0.156. The quantitative estimate of drug-likeness (QED) is 0.710. The van der Waals surface area contributed by atoms with Gasteiger partial charge in [0.1, 0.15) is 0 Å². The Labute approximate surface area is 120 Å². The Morgan fingerprint density at radius 2 is 2.15 bits per heavy atom. The minimum Gasteiger partial charge on any atom is -0.481 e. The van der Waals surface area contributed by atoms with Crippen LogP contribution in [-0.2, 0) is 14.3 Å². The minimum absolute atomic E-state index is 0.0875. The Kier molecular flexibility index (Phi) is 5.04. The van der Waals surface area contributed by atoms with E-state index in [0.717, 1.165) is 25.7 Å². The standard InChI is InChI=1S/C15H26O5/c1-10(8-19-2)20-9-13(16)7-15(14(17)18)6-11-3-4-12(15)5-11/h10-13,16H,3-9H2,1-2H3,(H,17,18). The molecule has 2 bridgehead atoms. The second-order valence-electron chi connectivity index (χ2n) is 6.50. The fourth-order valence-electron chi connectivity index (χ4n) is 4.08. The van der Waals surface area contributed by atoms with Gasteiger partial charge in [0, 0.05) is 7.11 Å². The maximum absolute atomic E-state index is 11.7. The lowest BCUT2D eigenvalue weighted by Gasteiger charge is -2.35. The fraction of sp³-hybridized carbons (Fsp3) is 0.933. The van der Waals surface area contributed by atoms with Crippen LogP contribution in [0, 0.1) is 17.3 Å². The van der Waals surface area contributed by atoms with Crippen LogP contribution in [0.3, 0.4) is 0 Å². The van der Waals surface area contributed by atoms with Crippen molar-refractivity contribution >= 4 is 5.97 Å². The molecule has 0 aromatic rings. The largest absolute Gasteiger partial charge is 0.481 e. The van der Waals surface area contributed by atoms with Gasteiger partial charge in [-0.25, -0.2) is 0 Å². The average Bonchev–Trinajstić information content (AvgIpc) is 2.97. The van der Waals surface area contributed by atoms with E-state index in [9.17, 15) is 15.0 Å². The molecule has 5 unspecified atom stereocenters. The van der Waals surface area contributed by atoms with Crippen molar-refractivity contribution in [1.82, 2.24) is 0 Å². The Morgan fingerprint density at radius 3 is 2.65 bits per heavy atom. The molecule has 2 saturated carbocycles. The molecule has 0 amide bonds. The average molecular weight is 286 g/mol. The third-order valence-corrected chi connectivity index (χ3v) is 4.98. The van der Waals surface area contributed by atoms with Crippen molar-refractivity contribution in [1.29, 1.82) is 0 Å². The van der Waals surface area contributed by atoms with Crippen LogP contribution in [0.15, 0.2) is 0 Å². The first-order valence-electron chi connectivity index (χ1n) is 7.50. The molecule has 0 saturated heterocycles. The van der Waals surface area contributed by atoms with Gasteiger partial charge in [0.25, 0.3) is 0 Å². The molecule has 0 heterocycles. The molecule has 2 fully saturated rings. The summed E-state index contributed by atoms with van der Waals surface area (Å²) in [7, 11) is 1.60. The van der Waals surface area contributed by atoms with Crippen molar-refractivity contribution in [3.05, 3.63) is 0 Å². The van der Waals surface area contributed by atoms with Crippen molar-refractivity contribution in [2.75, 3.05) is 20.3 Å². The topological polar surface area (TPSA) is 76.0 Å². The summed E-state index contributed by atoms with van der Waals surface area (Å²) in [5, 5.41) is 19.8. The van der Waals surface area contributed by atoms with E-state index in [4.69, 9.17) is 9.47 Å². The third kappa shape index (κ3) is 3.15. The Hall–Kier alpha value is -0.650. The Bertz CT molecular complexity index is 345. The van der Waals surface area contributed by atoms with Crippen LogP contribution in [0.25, 0.3) is 0 Å². The number of methoxy groups -OCH3 is 1. The van der Waals surface area contributed by atoms with E-state index >= 15 is 0 Å². The zero-order valence-electron chi connectivity index (χ0n) is 12.4. The molecule has 20 heavy (non-hydrogen) atoms.